The third-order valence-electron chi connectivity index (χ3n) is 4.84. The van der Waals surface area contributed by atoms with Gasteiger partial charge in [0.1, 0.15) is 5.75 Å². The molecule has 29 heavy (non-hydrogen) atoms. The van der Waals surface area contributed by atoms with Crippen LogP contribution in [0.5, 0.6) is 5.75 Å². The average molecular weight is 394 g/mol. The van der Waals surface area contributed by atoms with E-state index in [-0.39, 0.29) is 5.56 Å². The van der Waals surface area contributed by atoms with E-state index in [0.29, 0.717) is 34.5 Å². The zero-order valence-electron chi connectivity index (χ0n) is 16.5. The molecule has 1 amide bonds. The van der Waals surface area contributed by atoms with Gasteiger partial charge in [0.15, 0.2) is 0 Å². The number of primary amides is 1. The van der Waals surface area contributed by atoms with Gasteiger partial charge in [0.2, 0.25) is 6.10 Å². The lowest BCUT2D eigenvalue weighted by Gasteiger charge is -2.18. The highest BCUT2D eigenvalue weighted by Gasteiger charge is 2.29. The van der Waals surface area contributed by atoms with Gasteiger partial charge in [-0.1, -0.05) is 36.4 Å². The summed E-state index contributed by atoms with van der Waals surface area (Å²) in [4.78, 5) is 36.6. The standard InChI is InChI=1S/C22H22N2O5/c1-4-24-13(2)17(19(25)21(23)26)18-15(24)11-8-12-16(18)29-20(22(27)28-3)14-9-6-5-7-10-14/h5-12,20H,4H2,1-3H3,(H2,23,26). The number of nitrogens with two attached hydrogens (primary N) is 1. The van der Waals surface area contributed by atoms with E-state index in [4.69, 9.17) is 15.2 Å². The van der Waals surface area contributed by atoms with Gasteiger partial charge in [-0.05, 0) is 26.0 Å². The molecule has 1 heterocycles. The second kappa shape index (κ2) is 8.18. The van der Waals surface area contributed by atoms with Gasteiger partial charge in [-0.25, -0.2) is 4.79 Å². The Balaban J connectivity index is 2.22. The molecule has 7 heteroatoms. The number of esters is 1. The molecular formula is C22H22N2O5. The minimum Gasteiger partial charge on any atom is -0.473 e. The lowest BCUT2D eigenvalue weighted by molar-refractivity contribution is -0.149. The number of hydrogen-bond donors (Lipinski definition) is 1. The van der Waals surface area contributed by atoms with Crippen LogP contribution in [0, 0.1) is 6.92 Å². The number of amides is 1. The summed E-state index contributed by atoms with van der Waals surface area (Å²) in [6, 6.07) is 14.1. The number of rotatable bonds is 7. The van der Waals surface area contributed by atoms with Crippen molar-refractivity contribution in [3.05, 3.63) is 65.4 Å². The second-order valence-electron chi connectivity index (χ2n) is 6.48. The first-order valence-corrected chi connectivity index (χ1v) is 9.16. The number of aryl methyl sites for hydroxylation is 1. The van der Waals surface area contributed by atoms with Crippen LogP contribution in [0.2, 0.25) is 0 Å². The highest BCUT2D eigenvalue weighted by molar-refractivity contribution is 6.45. The van der Waals surface area contributed by atoms with Crippen molar-refractivity contribution in [1.82, 2.24) is 4.57 Å². The minimum absolute atomic E-state index is 0.182. The Morgan fingerprint density at radius 3 is 2.34 bits per heavy atom. The van der Waals surface area contributed by atoms with Crippen molar-refractivity contribution in [2.24, 2.45) is 5.73 Å². The fraction of sp³-hybridized carbons (Fsp3) is 0.227. The topological polar surface area (TPSA) is 101 Å². The predicted molar refractivity (Wildman–Crippen MR) is 108 cm³/mol. The first kappa shape index (κ1) is 20.1. The Morgan fingerprint density at radius 2 is 1.76 bits per heavy atom. The Hall–Kier alpha value is -3.61. The number of fused-ring (bicyclic) bond motifs is 1. The molecule has 0 aliphatic rings. The van der Waals surface area contributed by atoms with Gasteiger partial charge in [0.05, 0.1) is 23.6 Å². The van der Waals surface area contributed by atoms with Crippen LogP contribution in [-0.4, -0.2) is 29.3 Å². The number of hydrogen-bond acceptors (Lipinski definition) is 5. The molecule has 1 unspecified atom stereocenters. The van der Waals surface area contributed by atoms with Gasteiger partial charge in [-0.2, -0.15) is 0 Å². The number of carbonyl (C=O) groups is 3. The fourth-order valence-corrected chi connectivity index (χ4v) is 3.51. The Kier molecular flexibility index (Phi) is 5.68. The van der Waals surface area contributed by atoms with Crippen molar-refractivity contribution in [2.75, 3.05) is 7.11 Å². The van der Waals surface area contributed by atoms with Crippen molar-refractivity contribution >= 4 is 28.6 Å². The molecule has 0 fully saturated rings. The van der Waals surface area contributed by atoms with Gasteiger partial charge in [0.25, 0.3) is 11.7 Å². The molecule has 0 saturated carbocycles. The van der Waals surface area contributed by atoms with Crippen molar-refractivity contribution < 1.29 is 23.9 Å². The van der Waals surface area contributed by atoms with Crippen molar-refractivity contribution in [3.8, 4) is 5.75 Å². The number of aromatic nitrogens is 1. The van der Waals surface area contributed by atoms with Gasteiger partial charge >= 0.3 is 5.97 Å². The summed E-state index contributed by atoms with van der Waals surface area (Å²) in [6.07, 6.45) is -1.03. The van der Waals surface area contributed by atoms with Crippen molar-refractivity contribution in [3.63, 3.8) is 0 Å². The monoisotopic (exact) mass is 394 g/mol. The summed E-state index contributed by atoms with van der Waals surface area (Å²) in [5.41, 5.74) is 7.38. The molecule has 0 radical (unpaired) electrons. The second-order valence-corrected chi connectivity index (χ2v) is 6.48. The van der Waals surface area contributed by atoms with Crippen LogP contribution < -0.4 is 10.5 Å². The Bertz CT molecular complexity index is 1090. The Morgan fingerprint density at radius 1 is 1.07 bits per heavy atom. The molecule has 2 N–H and O–H groups in total. The summed E-state index contributed by atoms with van der Waals surface area (Å²) in [7, 11) is 1.28. The maximum Gasteiger partial charge on any atom is 0.351 e. The molecule has 1 atom stereocenters. The molecule has 3 rings (SSSR count). The van der Waals surface area contributed by atoms with E-state index in [1.54, 1.807) is 43.3 Å². The van der Waals surface area contributed by atoms with Crippen LogP contribution in [0.15, 0.2) is 48.5 Å². The van der Waals surface area contributed by atoms with Crippen LogP contribution in [0.1, 0.15) is 34.6 Å². The lowest BCUT2D eigenvalue weighted by Crippen LogP contribution is -2.24. The minimum atomic E-state index is -1.05. The van der Waals surface area contributed by atoms with Crippen LogP contribution in [-0.2, 0) is 20.9 Å². The fourth-order valence-electron chi connectivity index (χ4n) is 3.51. The maximum absolute atomic E-state index is 12.6. The summed E-state index contributed by atoms with van der Waals surface area (Å²) in [5, 5.41) is 0.445. The third-order valence-corrected chi connectivity index (χ3v) is 4.84. The van der Waals surface area contributed by atoms with E-state index in [9.17, 15) is 14.4 Å². The summed E-state index contributed by atoms with van der Waals surface area (Å²) < 4.78 is 12.9. The largest absolute Gasteiger partial charge is 0.473 e. The normalized spacial score (nSPS) is 11.8. The van der Waals surface area contributed by atoms with Gasteiger partial charge < -0.3 is 19.8 Å². The maximum atomic E-state index is 12.6. The molecule has 0 aliphatic carbocycles. The molecular weight excluding hydrogens is 372 g/mol. The highest BCUT2D eigenvalue weighted by Crippen LogP contribution is 2.36. The molecule has 0 bridgehead atoms. The van der Waals surface area contributed by atoms with Crippen molar-refractivity contribution in [1.29, 1.82) is 0 Å². The molecule has 1 aromatic heterocycles. The van der Waals surface area contributed by atoms with Crippen LogP contribution in [0.4, 0.5) is 0 Å². The van der Waals surface area contributed by atoms with Gasteiger partial charge in [-0.15, -0.1) is 0 Å². The molecule has 0 saturated heterocycles. The smallest absolute Gasteiger partial charge is 0.351 e. The number of benzene rings is 2. The molecule has 150 valence electrons. The SMILES string of the molecule is CCn1c(C)c(C(=O)C(N)=O)c2c(OC(C(=O)OC)c3ccccc3)cccc21. The predicted octanol–water partition coefficient (Wildman–Crippen LogP) is 2.93. The third kappa shape index (κ3) is 3.59. The van der Waals surface area contributed by atoms with Gasteiger partial charge in [0, 0.05) is 17.8 Å². The highest BCUT2D eigenvalue weighted by atomic mass is 16.6. The van der Waals surface area contributed by atoms with Crippen LogP contribution in [0.25, 0.3) is 10.9 Å². The quantitative estimate of drug-likeness (QED) is 0.377. The van der Waals surface area contributed by atoms with E-state index in [1.165, 1.54) is 7.11 Å². The van der Waals surface area contributed by atoms with E-state index >= 15 is 0 Å². The van der Waals surface area contributed by atoms with E-state index in [2.05, 4.69) is 0 Å². The van der Waals surface area contributed by atoms with Crippen LogP contribution >= 0.6 is 0 Å². The molecule has 0 spiro atoms. The zero-order valence-corrected chi connectivity index (χ0v) is 16.5. The van der Waals surface area contributed by atoms with E-state index in [0.717, 1.165) is 0 Å². The number of ketones is 1. The average Bonchev–Trinajstić information content (AvgIpc) is 3.03. The molecule has 2 aromatic carbocycles. The molecule has 0 aliphatic heterocycles. The van der Waals surface area contributed by atoms with E-state index in [1.807, 2.05) is 23.6 Å². The zero-order chi connectivity index (χ0) is 21.1. The first-order valence-electron chi connectivity index (χ1n) is 9.16. The number of ether oxygens (including phenoxy) is 2. The van der Waals surface area contributed by atoms with Gasteiger partial charge in [-0.3, -0.25) is 9.59 Å². The first-order chi connectivity index (χ1) is 13.9. The number of methoxy groups -OCH3 is 1. The Labute approximate surface area is 168 Å². The summed E-state index contributed by atoms with van der Waals surface area (Å²) >= 11 is 0. The lowest BCUT2D eigenvalue weighted by atomic mass is 10.0. The van der Waals surface area contributed by atoms with Crippen LogP contribution in [0.3, 0.4) is 0 Å². The van der Waals surface area contributed by atoms with E-state index < -0.39 is 23.8 Å². The number of nitrogens with zero attached hydrogens (tertiary/aromatic N) is 1. The van der Waals surface area contributed by atoms with Crippen molar-refractivity contribution in [2.45, 2.75) is 26.5 Å². The molecule has 3 aromatic rings. The number of carbonyl (C=O) groups excluding carboxylic acids is 3. The summed E-state index contributed by atoms with van der Waals surface area (Å²) in [6.45, 7) is 4.26. The summed E-state index contributed by atoms with van der Waals surface area (Å²) in [5.74, 6) is -2.14. The number of Topliss-reactive ketones (excluding diaryl/α,β-unsaturated/α-hetero) is 1. The molecule has 7 nitrogen and oxygen atoms in total.